The second-order valence-corrected chi connectivity index (χ2v) is 39.8. The van der Waals surface area contributed by atoms with Crippen molar-refractivity contribution in [3.8, 4) is 39.6 Å². The van der Waals surface area contributed by atoms with Crippen molar-refractivity contribution in [1.82, 2.24) is 10.3 Å². The Bertz CT molecular complexity index is 4940. The third kappa shape index (κ3) is 47.1. The zero-order valence-corrected chi connectivity index (χ0v) is 85.7. The fourth-order valence-corrected chi connectivity index (χ4v) is 13.5. The number of nitrogens with zero attached hydrogens (tertiary/aromatic N) is 2. The number of ketones is 7. The number of rotatable bonds is 36. The van der Waals surface area contributed by atoms with Crippen molar-refractivity contribution in [2.45, 2.75) is 253 Å². The molecule has 5 N–H and O–H groups in total. The summed E-state index contributed by atoms with van der Waals surface area (Å²) in [6.07, 6.45) is -2.02. The number of urea groups is 1. The molecule has 2 unspecified atom stereocenters. The van der Waals surface area contributed by atoms with E-state index in [1.807, 2.05) is 66.7 Å². The quantitative estimate of drug-likeness (QED) is 0.0142. The number of hydrogen-bond donors (Lipinski definition) is 3. The molecule has 17 nitrogen and oxygen atoms in total. The number of nitriles is 1. The Morgan fingerprint density at radius 3 is 1.19 bits per heavy atom. The van der Waals surface area contributed by atoms with Crippen LogP contribution in [-0.2, 0) is 47.3 Å². The molecule has 0 aliphatic rings. The van der Waals surface area contributed by atoms with Crippen LogP contribution in [0.4, 0.5) is 44.3 Å². The van der Waals surface area contributed by atoms with Gasteiger partial charge in [0.1, 0.15) is 45.6 Å². The van der Waals surface area contributed by atoms with E-state index in [0.717, 1.165) is 71.9 Å². The highest BCUT2D eigenvalue weighted by Gasteiger charge is 2.36. The molecule has 8 rings (SSSR count). The molecule has 4 atom stereocenters. The van der Waals surface area contributed by atoms with E-state index < -0.39 is 65.6 Å². The molecule has 7 aromatic carbocycles. The van der Waals surface area contributed by atoms with E-state index in [1.165, 1.54) is 47.7 Å². The summed E-state index contributed by atoms with van der Waals surface area (Å²) in [5.74, 6) is 0.0253. The van der Waals surface area contributed by atoms with E-state index >= 15 is 0 Å². The number of aryl methyl sites for hydroxylation is 1. The molecule has 0 spiro atoms. The van der Waals surface area contributed by atoms with Crippen LogP contribution in [0.15, 0.2) is 188 Å². The number of aromatic nitrogens is 1. The number of primary amides is 1. The lowest BCUT2D eigenvalue weighted by Gasteiger charge is -2.26. The highest BCUT2D eigenvalue weighted by molar-refractivity contribution is 7.17. The minimum Gasteiger partial charge on any atom is -0.492 e. The minimum absolute atomic E-state index is 0.0150. The number of Topliss-reactive ketones (excluding diaryl/α,β-unsaturated/α-hetero) is 7. The first-order chi connectivity index (χ1) is 63.5. The number of thiazole rings is 1. The predicted octanol–water partition coefficient (Wildman–Crippen LogP) is 29.7. The molecule has 0 fully saturated rings. The van der Waals surface area contributed by atoms with Crippen LogP contribution in [-0.4, -0.2) is 70.7 Å². The zero-order chi connectivity index (χ0) is 104. The van der Waals surface area contributed by atoms with Crippen LogP contribution in [0.3, 0.4) is 0 Å². The Balaban J connectivity index is 0.000000549. The van der Waals surface area contributed by atoms with E-state index in [-0.39, 0.29) is 92.0 Å². The fourth-order valence-electron chi connectivity index (χ4n) is 12.0. The van der Waals surface area contributed by atoms with Crippen LogP contribution in [0.25, 0.3) is 10.6 Å². The van der Waals surface area contributed by atoms with Crippen molar-refractivity contribution < 1.29 is 96.8 Å². The first kappa shape index (κ1) is 123. The summed E-state index contributed by atoms with van der Waals surface area (Å²) in [5.41, 5.74) is 11.7. The summed E-state index contributed by atoms with van der Waals surface area (Å²) < 4.78 is 138. The summed E-state index contributed by atoms with van der Waals surface area (Å²) in [6.45, 7) is 45.6. The molecule has 30 heteroatoms. The van der Waals surface area contributed by atoms with Gasteiger partial charge in [-0.2, -0.15) is 44.8 Å². The molecule has 0 saturated heterocycles. The number of benzene rings is 7. The van der Waals surface area contributed by atoms with Crippen LogP contribution in [0.5, 0.6) is 23.0 Å². The Morgan fingerprint density at radius 2 is 0.869 bits per heavy atom. The molecule has 0 radical (unpaired) electrons. The molecule has 750 valence electrons. The molecule has 137 heavy (non-hydrogen) atoms. The predicted molar refractivity (Wildman–Crippen MR) is 530 cm³/mol. The maximum atomic E-state index is 12.8. The monoisotopic (exact) mass is 1990 g/mol. The third-order valence-electron chi connectivity index (χ3n) is 19.6. The summed E-state index contributed by atoms with van der Waals surface area (Å²) in [6, 6.07) is 39.5. The zero-order valence-electron chi connectivity index (χ0n) is 82.6. The lowest BCUT2D eigenvalue weighted by molar-refractivity contribution is -0.138. The van der Waals surface area contributed by atoms with E-state index in [4.69, 9.17) is 65.2 Å². The van der Waals surface area contributed by atoms with Gasteiger partial charge in [0.25, 0.3) is 0 Å². The molecule has 0 aliphatic heterocycles. The van der Waals surface area contributed by atoms with Crippen LogP contribution >= 0.6 is 46.1 Å². The van der Waals surface area contributed by atoms with Crippen LogP contribution in [0.1, 0.15) is 276 Å². The summed E-state index contributed by atoms with van der Waals surface area (Å²) >= 11 is 18.9. The molecule has 2 amide bonds. The number of alkyl halides is 9. The number of nitrogens with two attached hydrogens (primary N) is 2. The van der Waals surface area contributed by atoms with Gasteiger partial charge in [0.05, 0.1) is 45.5 Å². The van der Waals surface area contributed by atoms with Gasteiger partial charge in [-0.1, -0.05) is 266 Å². The third-order valence-corrected chi connectivity index (χ3v) is 21.6. The fraction of sp³-hybridized carbons (Fsp3) is 0.458. The SMILES string of the molecule is CC(C)C(=O)C(N)CCCNC(N)=O.CC(C)C(=O)C(Oc1cccc(C(F)(F)F)c1)c1ccc(Cl)cc1.CC(C)C(=O)[C@@H](Oc1cccc(C(F)(F)F)c1)c1ccc(Cl)cc1.CC(C)C(=O)[C@H](Oc1cccc(C(F)(F)F)c1)c1ccc(Cl)cc1.CC/C=C\CC(=O)CC(C)(C)C.CC/C=C\CC(C)(C)C(=O)CC(C)(C)C.Cc1nc(-c2ccc(OCC(C)C)c(C#N)c2)sc1C(=O)C(C)C. The van der Waals surface area contributed by atoms with E-state index in [9.17, 15) is 83.1 Å². The highest BCUT2D eigenvalue weighted by Crippen LogP contribution is 2.40. The standard InChI is InChI=1S/C19H22N2O2S.3C18H16ClF3O2.C14H26O.C11H20O.C9H19N3O2/c1-11(2)10-23-16-7-6-14(8-15(16)9-20)19-21-13(5)18(24-19)17(22)12(3)4;3*1-11(2)16(23)17(12-6-8-14(19)9-7-12)24-15-5-3-4-13(10-15)18(20,21)22;1-7-8-9-10-14(5,6)12(15)11-13(2,3)4;1-5-6-7-8-10(12)9-11(2,3)4;1-6(2)8(13)7(10)4-3-5-12-9(11)14/h6-8,11-12H,10H2,1-5H3;3*3-11,17H,1-2H3;8-9H,7,10-11H2,1-6H3;6-7H,5,8-9H2,1-4H3;6-7H,3-5,10H2,1-2H3,(H3,11,12,14)/b;;;;9-8-;7-6-;/t;2*17-;;;;/m.10..../s1. The lowest BCUT2D eigenvalue weighted by atomic mass is 9.77. The smallest absolute Gasteiger partial charge is 0.416 e. The second-order valence-electron chi connectivity index (χ2n) is 37.5. The number of carbonyl (C=O) groups excluding carboxylic acids is 8. The van der Waals surface area contributed by atoms with E-state index in [1.54, 1.807) is 126 Å². The molecule has 0 bridgehead atoms. The first-order valence-electron chi connectivity index (χ1n) is 45.2. The molecule has 1 aromatic heterocycles. The summed E-state index contributed by atoms with van der Waals surface area (Å²) in [4.78, 5) is 99.7. The van der Waals surface area contributed by atoms with Gasteiger partial charge in [0.15, 0.2) is 47.2 Å². The molecule has 1 heterocycles. The van der Waals surface area contributed by atoms with Gasteiger partial charge in [-0.3, -0.25) is 33.6 Å². The van der Waals surface area contributed by atoms with E-state index in [0.29, 0.717) is 111 Å². The second kappa shape index (κ2) is 58.4. The Labute approximate surface area is 822 Å². The van der Waals surface area contributed by atoms with Crippen molar-refractivity contribution in [2.24, 2.45) is 63.2 Å². The largest absolute Gasteiger partial charge is 0.492 e. The van der Waals surface area contributed by atoms with Gasteiger partial charge in [-0.15, -0.1) is 11.3 Å². The molecular formula is C107H135Cl3F9N5O12S. The van der Waals surface area contributed by atoms with Gasteiger partial charge >= 0.3 is 24.6 Å². The van der Waals surface area contributed by atoms with Gasteiger partial charge in [0, 0.05) is 81.4 Å². The first-order valence-corrected chi connectivity index (χ1v) is 47.2. The average Bonchev–Trinajstić information content (AvgIpc) is 1.44. The van der Waals surface area contributed by atoms with Crippen molar-refractivity contribution in [3.05, 3.63) is 253 Å². The van der Waals surface area contributed by atoms with Crippen molar-refractivity contribution in [2.75, 3.05) is 13.2 Å². The van der Waals surface area contributed by atoms with Crippen molar-refractivity contribution in [3.63, 3.8) is 0 Å². The van der Waals surface area contributed by atoms with E-state index in [2.05, 4.69) is 97.8 Å². The van der Waals surface area contributed by atoms with Crippen LogP contribution < -0.4 is 35.7 Å². The summed E-state index contributed by atoms with van der Waals surface area (Å²) in [7, 11) is 0. The Morgan fingerprint density at radius 1 is 0.496 bits per heavy atom. The topological polar surface area (TPSA) is 274 Å². The molecule has 0 aliphatic carbocycles. The maximum Gasteiger partial charge on any atom is 0.416 e. The number of hydrogen-bond acceptors (Lipinski definition) is 16. The average molecular weight is 1990 g/mol. The minimum atomic E-state index is -4.48. The number of halogens is 12. The maximum absolute atomic E-state index is 12.8. The van der Waals surface area contributed by atoms with Crippen molar-refractivity contribution >= 4 is 92.7 Å². The highest BCUT2D eigenvalue weighted by atomic mass is 35.5. The van der Waals surface area contributed by atoms with Gasteiger partial charge in [-0.05, 0) is 182 Å². The van der Waals surface area contributed by atoms with Crippen molar-refractivity contribution in [1.29, 1.82) is 5.26 Å². The molecule has 0 saturated carbocycles. The lowest BCUT2D eigenvalue weighted by Crippen LogP contribution is -2.35. The number of ether oxygens (including phenoxy) is 4. The number of amides is 2. The Hall–Kier alpha value is -10.5. The van der Waals surface area contributed by atoms with Gasteiger partial charge < -0.3 is 35.7 Å². The molecule has 8 aromatic rings. The van der Waals surface area contributed by atoms with Gasteiger partial charge in [0.2, 0.25) is 0 Å². The number of allylic oxidation sites excluding steroid dienone is 4. The molecular weight excluding hydrogens is 1860 g/mol. The summed E-state index contributed by atoms with van der Waals surface area (Å²) in [5, 5.41) is 14.1. The normalized spacial score (nSPS) is 12.6. The number of carbonyl (C=O) groups is 8. The van der Waals surface area contributed by atoms with Crippen LogP contribution in [0.2, 0.25) is 15.1 Å². The Kier molecular flexibility index (Phi) is 52.3. The van der Waals surface area contributed by atoms with Crippen LogP contribution in [0, 0.1) is 70.0 Å². The van der Waals surface area contributed by atoms with Gasteiger partial charge in [-0.25, -0.2) is 9.78 Å². The number of nitrogens with one attached hydrogen (secondary N) is 1.